The van der Waals surface area contributed by atoms with E-state index < -0.39 is 22.5 Å². The molecule has 2 rings (SSSR count). The molecule has 0 fully saturated rings. The topological polar surface area (TPSA) is 84.8 Å². The Labute approximate surface area is 109 Å². The third kappa shape index (κ3) is 2.31. The molecule has 0 atom stereocenters. The SMILES string of the molecule is N#Cc1cccn1-c1cc(C(F)(F)F)ncc1[N+](=O)[O-]. The van der Waals surface area contributed by atoms with Crippen molar-refractivity contribution in [1.29, 1.82) is 5.26 Å². The van der Waals surface area contributed by atoms with Gasteiger partial charge >= 0.3 is 11.9 Å². The summed E-state index contributed by atoms with van der Waals surface area (Å²) in [6.07, 6.45) is -2.94. The smallest absolute Gasteiger partial charge is 0.302 e. The van der Waals surface area contributed by atoms with Gasteiger partial charge in [-0.05, 0) is 12.1 Å². The predicted molar refractivity (Wildman–Crippen MR) is 59.9 cm³/mol. The molecule has 9 heteroatoms. The molecule has 2 aromatic heterocycles. The van der Waals surface area contributed by atoms with E-state index in [1.807, 2.05) is 0 Å². The molecule has 2 heterocycles. The largest absolute Gasteiger partial charge is 0.433 e. The number of hydrogen-bond acceptors (Lipinski definition) is 4. The third-order valence-electron chi connectivity index (χ3n) is 2.47. The van der Waals surface area contributed by atoms with Crippen LogP contribution >= 0.6 is 0 Å². The van der Waals surface area contributed by atoms with E-state index in [0.29, 0.717) is 12.3 Å². The van der Waals surface area contributed by atoms with Crippen molar-refractivity contribution >= 4 is 5.69 Å². The van der Waals surface area contributed by atoms with Crippen molar-refractivity contribution in [3.05, 3.63) is 52.1 Å². The van der Waals surface area contributed by atoms with Gasteiger partial charge in [0.15, 0.2) is 0 Å². The molecule has 2 aromatic rings. The average molecular weight is 282 g/mol. The van der Waals surface area contributed by atoms with Gasteiger partial charge in [0.2, 0.25) is 0 Å². The van der Waals surface area contributed by atoms with Crippen molar-refractivity contribution in [2.75, 3.05) is 0 Å². The van der Waals surface area contributed by atoms with Crippen LogP contribution in [-0.2, 0) is 6.18 Å². The van der Waals surface area contributed by atoms with E-state index in [1.54, 1.807) is 6.07 Å². The number of aromatic nitrogens is 2. The Bertz CT molecular complexity index is 715. The fraction of sp³-hybridized carbons (Fsp3) is 0.0909. The van der Waals surface area contributed by atoms with Gasteiger partial charge in [0.25, 0.3) is 0 Å². The molecule has 0 saturated heterocycles. The predicted octanol–water partition coefficient (Wildman–Crippen LogP) is 2.67. The van der Waals surface area contributed by atoms with Crippen LogP contribution in [0.15, 0.2) is 30.6 Å². The lowest BCUT2D eigenvalue weighted by Crippen LogP contribution is -2.11. The number of nitrogens with zero attached hydrogens (tertiary/aromatic N) is 4. The maximum Gasteiger partial charge on any atom is 0.433 e. The van der Waals surface area contributed by atoms with Gasteiger partial charge in [-0.3, -0.25) is 10.1 Å². The Morgan fingerprint density at radius 1 is 1.45 bits per heavy atom. The minimum absolute atomic E-state index is 0.0209. The maximum absolute atomic E-state index is 12.6. The number of nitriles is 1. The zero-order valence-electron chi connectivity index (χ0n) is 9.63. The first kappa shape index (κ1) is 13.5. The monoisotopic (exact) mass is 282 g/mol. The molecule has 0 spiro atoms. The summed E-state index contributed by atoms with van der Waals surface area (Å²) in [6, 6.07) is 5.01. The van der Waals surface area contributed by atoms with Gasteiger partial charge < -0.3 is 4.57 Å². The Morgan fingerprint density at radius 2 is 2.15 bits per heavy atom. The van der Waals surface area contributed by atoms with Crippen LogP contribution in [0, 0.1) is 21.4 Å². The number of hydrogen-bond donors (Lipinski definition) is 0. The summed E-state index contributed by atoms with van der Waals surface area (Å²) >= 11 is 0. The number of halogens is 3. The Hall–Kier alpha value is -2.89. The molecule has 0 aliphatic carbocycles. The number of nitro groups is 1. The van der Waals surface area contributed by atoms with E-state index in [2.05, 4.69) is 4.98 Å². The van der Waals surface area contributed by atoms with Crippen molar-refractivity contribution < 1.29 is 18.1 Å². The molecular weight excluding hydrogens is 277 g/mol. The van der Waals surface area contributed by atoms with Crippen LogP contribution < -0.4 is 0 Å². The second kappa shape index (κ2) is 4.65. The number of rotatable bonds is 2. The fourth-order valence-electron chi connectivity index (χ4n) is 1.61. The van der Waals surface area contributed by atoms with Crippen molar-refractivity contribution in [2.45, 2.75) is 6.18 Å². The van der Waals surface area contributed by atoms with E-state index in [-0.39, 0.29) is 11.4 Å². The van der Waals surface area contributed by atoms with E-state index >= 15 is 0 Å². The highest BCUT2D eigenvalue weighted by Crippen LogP contribution is 2.32. The van der Waals surface area contributed by atoms with Crippen LogP contribution in [-0.4, -0.2) is 14.5 Å². The van der Waals surface area contributed by atoms with Crippen LogP contribution in [0.3, 0.4) is 0 Å². The molecule has 0 bridgehead atoms. The van der Waals surface area contributed by atoms with Crippen molar-refractivity contribution in [3.8, 4) is 11.8 Å². The number of pyridine rings is 1. The van der Waals surface area contributed by atoms with Crippen LogP contribution in [0.2, 0.25) is 0 Å². The zero-order chi connectivity index (χ0) is 14.9. The Kier molecular flexibility index (Phi) is 3.15. The highest BCUT2D eigenvalue weighted by molar-refractivity contribution is 5.54. The summed E-state index contributed by atoms with van der Waals surface area (Å²) < 4.78 is 38.9. The quantitative estimate of drug-likeness (QED) is 0.626. The number of alkyl halides is 3. The summed E-state index contributed by atoms with van der Waals surface area (Å²) in [7, 11) is 0. The molecule has 6 nitrogen and oxygen atoms in total. The van der Waals surface area contributed by atoms with E-state index in [4.69, 9.17) is 5.26 Å². The average Bonchev–Trinajstić information content (AvgIpc) is 2.84. The normalized spacial score (nSPS) is 11.1. The van der Waals surface area contributed by atoms with Gasteiger partial charge in [0, 0.05) is 12.3 Å². The molecule has 0 unspecified atom stereocenters. The second-order valence-electron chi connectivity index (χ2n) is 3.69. The molecular formula is C11H5F3N4O2. The summed E-state index contributed by atoms with van der Waals surface area (Å²) in [6.45, 7) is 0. The minimum Gasteiger partial charge on any atom is -0.302 e. The molecule has 0 aliphatic heterocycles. The molecule has 0 saturated carbocycles. The maximum atomic E-state index is 12.6. The first-order chi connectivity index (χ1) is 9.34. The third-order valence-corrected chi connectivity index (χ3v) is 2.47. The van der Waals surface area contributed by atoms with Gasteiger partial charge in [-0.15, -0.1) is 0 Å². The molecule has 20 heavy (non-hydrogen) atoms. The zero-order valence-corrected chi connectivity index (χ0v) is 9.63. The van der Waals surface area contributed by atoms with Gasteiger partial charge in [0.05, 0.1) is 4.92 Å². The van der Waals surface area contributed by atoms with E-state index in [0.717, 1.165) is 4.57 Å². The van der Waals surface area contributed by atoms with Crippen molar-refractivity contribution in [1.82, 2.24) is 9.55 Å². The highest BCUT2D eigenvalue weighted by atomic mass is 19.4. The first-order valence-electron chi connectivity index (χ1n) is 5.14. The van der Waals surface area contributed by atoms with Crippen LogP contribution in [0.25, 0.3) is 5.69 Å². The molecule has 0 N–H and O–H groups in total. The summed E-state index contributed by atoms with van der Waals surface area (Å²) in [5.74, 6) is 0. The van der Waals surface area contributed by atoms with Crippen molar-refractivity contribution in [3.63, 3.8) is 0 Å². The van der Waals surface area contributed by atoms with E-state index in [9.17, 15) is 23.3 Å². The van der Waals surface area contributed by atoms with Crippen LogP contribution in [0.5, 0.6) is 0 Å². The molecule has 102 valence electrons. The molecule has 0 amide bonds. The molecule has 0 radical (unpaired) electrons. The van der Waals surface area contributed by atoms with Gasteiger partial charge in [-0.25, -0.2) is 4.98 Å². The van der Waals surface area contributed by atoms with Crippen molar-refractivity contribution in [2.24, 2.45) is 0 Å². The van der Waals surface area contributed by atoms with Crippen LogP contribution in [0.1, 0.15) is 11.4 Å². The van der Waals surface area contributed by atoms with E-state index in [1.165, 1.54) is 18.3 Å². The second-order valence-corrected chi connectivity index (χ2v) is 3.69. The van der Waals surface area contributed by atoms with Gasteiger partial charge in [-0.2, -0.15) is 18.4 Å². The highest BCUT2D eigenvalue weighted by Gasteiger charge is 2.34. The lowest BCUT2D eigenvalue weighted by Gasteiger charge is -2.09. The van der Waals surface area contributed by atoms with Crippen LogP contribution in [0.4, 0.5) is 18.9 Å². The van der Waals surface area contributed by atoms with Gasteiger partial charge in [0.1, 0.15) is 29.3 Å². The van der Waals surface area contributed by atoms with Gasteiger partial charge in [-0.1, -0.05) is 0 Å². The molecule has 0 aliphatic rings. The summed E-state index contributed by atoms with van der Waals surface area (Å²) in [5, 5.41) is 19.7. The molecule has 0 aromatic carbocycles. The summed E-state index contributed by atoms with van der Waals surface area (Å²) in [4.78, 5) is 13.0. The first-order valence-corrected chi connectivity index (χ1v) is 5.14. The Morgan fingerprint density at radius 3 is 2.70 bits per heavy atom. The standard InChI is InChI=1S/C11H5F3N4O2/c12-11(13,14)10-4-8(9(6-16-10)18(19)20)17-3-1-2-7(17)5-15/h1-4,6H. The minimum atomic E-state index is -4.73. The fourth-order valence-corrected chi connectivity index (χ4v) is 1.61. The summed E-state index contributed by atoms with van der Waals surface area (Å²) in [5.41, 5.74) is -2.27. The lowest BCUT2D eigenvalue weighted by molar-refractivity contribution is -0.385. The lowest BCUT2D eigenvalue weighted by atomic mass is 10.2. The Balaban J connectivity index is 2.72.